The SMILES string of the molecule is O=C([OH2+])CC(O)C(=O)[OH2+]. The fourth-order valence-corrected chi connectivity index (χ4v) is 0.268. The Morgan fingerprint density at radius 3 is 2.00 bits per heavy atom. The number of aliphatic hydroxyl groups excluding tert-OH is 1. The first-order valence-corrected chi connectivity index (χ1v) is 2.22. The molecule has 52 valence electrons. The average molecular weight is 136 g/mol. The zero-order valence-corrected chi connectivity index (χ0v) is 4.55. The molecule has 0 aromatic carbocycles. The van der Waals surface area contributed by atoms with Crippen LogP contribution in [0.3, 0.4) is 0 Å². The Morgan fingerprint density at radius 2 is 1.89 bits per heavy atom. The Balaban J connectivity index is 3.63. The van der Waals surface area contributed by atoms with Gasteiger partial charge >= 0.3 is 11.9 Å². The molecule has 0 aromatic heterocycles. The van der Waals surface area contributed by atoms with Crippen molar-refractivity contribution >= 4 is 11.9 Å². The quantitative estimate of drug-likeness (QED) is 0.425. The van der Waals surface area contributed by atoms with E-state index >= 15 is 0 Å². The van der Waals surface area contributed by atoms with Gasteiger partial charge in [-0.1, -0.05) is 0 Å². The summed E-state index contributed by atoms with van der Waals surface area (Å²) in [5.74, 6) is -2.27. The minimum atomic E-state index is -1.62. The molecule has 5 heteroatoms. The van der Waals surface area contributed by atoms with Crippen molar-refractivity contribution in [2.45, 2.75) is 12.5 Å². The normalized spacial score (nSPS) is 12.6. The Bertz CT molecular complexity index is 129. The monoisotopic (exact) mass is 136 g/mol. The van der Waals surface area contributed by atoms with E-state index in [1.807, 2.05) is 0 Å². The van der Waals surface area contributed by atoms with Gasteiger partial charge in [0, 0.05) is 9.59 Å². The van der Waals surface area contributed by atoms with Gasteiger partial charge in [0.25, 0.3) is 0 Å². The molecule has 0 aliphatic carbocycles. The molecular formula is C4H8O5+2. The van der Waals surface area contributed by atoms with E-state index in [9.17, 15) is 9.59 Å². The summed E-state index contributed by atoms with van der Waals surface area (Å²) < 4.78 is 0. The fourth-order valence-electron chi connectivity index (χ4n) is 0.268. The summed E-state index contributed by atoms with van der Waals surface area (Å²) in [6, 6.07) is 0. The standard InChI is InChI=1S/C4H6O5/c5-2(4(8)9)1-3(6)7/h2,5H,1H2,(H,6,7)(H,8,9)/p+2. The average Bonchev–Trinajstić information content (AvgIpc) is 1.63. The number of hydrogen-bond acceptors (Lipinski definition) is 3. The second-order valence-corrected chi connectivity index (χ2v) is 1.51. The van der Waals surface area contributed by atoms with Crippen molar-refractivity contribution < 1.29 is 24.9 Å². The van der Waals surface area contributed by atoms with Crippen LogP contribution >= 0.6 is 0 Å². The lowest BCUT2D eigenvalue weighted by molar-refractivity contribution is -0.152. The van der Waals surface area contributed by atoms with Crippen LogP contribution in [0.5, 0.6) is 0 Å². The second-order valence-electron chi connectivity index (χ2n) is 1.51. The minimum absolute atomic E-state index is 0.581. The Labute approximate surface area is 50.5 Å². The summed E-state index contributed by atoms with van der Waals surface area (Å²) >= 11 is 0. The summed E-state index contributed by atoms with van der Waals surface area (Å²) in [4.78, 5) is 19.7. The van der Waals surface area contributed by atoms with Crippen LogP contribution in [0.25, 0.3) is 0 Å². The van der Waals surface area contributed by atoms with Gasteiger partial charge in [-0.05, 0) is 0 Å². The molecule has 0 saturated heterocycles. The Morgan fingerprint density at radius 1 is 1.44 bits per heavy atom. The first-order valence-electron chi connectivity index (χ1n) is 2.22. The van der Waals surface area contributed by atoms with Crippen LogP contribution < -0.4 is 0 Å². The van der Waals surface area contributed by atoms with Crippen molar-refractivity contribution in [2.24, 2.45) is 0 Å². The maximum atomic E-state index is 9.86. The Hall–Kier alpha value is -1.10. The number of rotatable bonds is 3. The fraction of sp³-hybridized carbons (Fsp3) is 0.500. The zero-order chi connectivity index (χ0) is 7.44. The van der Waals surface area contributed by atoms with Crippen molar-refractivity contribution in [2.75, 3.05) is 0 Å². The molecule has 9 heavy (non-hydrogen) atoms. The molecule has 5 N–H and O–H groups in total. The highest BCUT2D eigenvalue weighted by Gasteiger charge is 2.27. The van der Waals surface area contributed by atoms with Crippen LogP contribution in [0, 0.1) is 0 Å². The molecule has 0 aromatic rings. The first kappa shape index (κ1) is 7.90. The van der Waals surface area contributed by atoms with Crippen LogP contribution in [0.4, 0.5) is 0 Å². The van der Waals surface area contributed by atoms with E-state index < -0.39 is 24.5 Å². The number of carbonyl (C=O) groups is 2. The van der Waals surface area contributed by atoms with Gasteiger partial charge in [0.15, 0.2) is 0 Å². The van der Waals surface area contributed by atoms with Crippen LogP contribution in [0.2, 0.25) is 0 Å². The van der Waals surface area contributed by atoms with Crippen LogP contribution in [0.15, 0.2) is 0 Å². The third-order valence-electron chi connectivity index (χ3n) is 0.681. The predicted molar refractivity (Wildman–Crippen MR) is 27.9 cm³/mol. The van der Waals surface area contributed by atoms with Gasteiger partial charge in [-0.2, -0.15) is 0 Å². The van der Waals surface area contributed by atoms with Crippen LogP contribution in [0.1, 0.15) is 6.42 Å². The number of carbonyl (C=O) groups excluding carboxylic acids is 2. The summed E-state index contributed by atoms with van der Waals surface area (Å²) in [7, 11) is 0. The molecule has 1 unspecified atom stereocenters. The highest BCUT2D eigenvalue weighted by atomic mass is 16.4. The lowest BCUT2D eigenvalue weighted by Crippen LogP contribution is -2.22. The lowest BCUT2D eigenvalue weighted by Gasteiger charge is -1.89. The molecule has 0 spiro atoms. The maximum absolute atomic E-state index is 9.86. The molecule has 0 fully saturated rings. The van der Waals surface area contributed by atoms with E-state index in [4.69, 9.17) is 15.3 Å². The van der Waals surface area contributed by atoms with Gasteiger partial charge in [-0.15, -0.1) is 0 Å². The van der Waals surface area contributed by atoms with Gasteiger partial charge in [-0.3, -0.25) is 0 Å². The number of aliphatic hydroxyl groups is 1. The highest BCUT2D eigenvalue weighted by molar-refractivity contribution is 5.79. The van der Waals surface area contributed by atoms with Crippen LogP contribution in [-0.2, 0) is 9.59 Å². The molecule has 0 heterocycles. The molecule has 0 rings (SSSR count). The maximum Gasteiger partial charge on any atom is 0.545 e. The van der Waals surface area contributed by atoms with Crippen LogP contribution in [-0.4, -0.2) is 33.4 Å². The van der Waals surface area contributed by atoms with E-state index in [1.54, 1.807) is 0 Å². The smallest absolute Gasteiger partial charge is 0.545 e. The highest BCUT2D eigenvalue weighted by Crippen LogP contribution is 1.89. The van der Waals surface area contributed by atoms with Crippen molar-refractivity contribution in [3.05, 3.63) is 0 Å². The topological polar surface area (TPSA) is 100 Å². The van der Waals surface area contributed by atoms with E-state index in [1.165, 1.54) is 0 Å². The minimum Gasteiger partial charge on any atom is -0.565 e. The molecule has 0 saturated carbocycles. The summed E-state index contributed by atoms with van der Waals surface area (Å²) in [6.07, 6.45) is -2.20. The summed E-state index contributed by atoms with van der Waals surface area (Å²) in [5, 5.41) is 20.9. The summed E-state index contributed by atoms with van der Waals surface area (Å²) in [6.45, 7) is 0. The molecule has 0 amide bonds. The second kappa shape index (κ2) is 3.03. The Kier molecular flexibility index (Phi) is 2.66. The molecule has 0 aliphatic rings. The van der Waals surface area contributed by atoms with Gasteiger partial charge in [0.2, 0.25) is 6.10 Å². The first-order chi connectivity index (χ1) is 4.04. The lowest BCUT2D eigenvalue weighted by atomic mass is 10.3. The van der Waals surface area contributed by atoms with Crippen molar-refractivity contribution in [1.82, 2.24) is 0 Å². The van der Waals surface area contributed by atoms with Crippen molar-refractivity contribution in [3.8, 4) is 0 Å². The van der Waals surface area contributed by atoms with E-state index in [2.05, 4.69) is 0 Å². The van der Waals surface area contributed by atoms with Gasteiger partial charge in [0.1, 0.15) is 6.42 Å². The van der Waals surface area contributed by atoms with Crippen molar-refractivity contribution in [1.29, 1.82) is 0 Å². The zero-order valence-electron chi connectivity index (χ0n) is 4.55. The molecule has 0 aliphatic heterocycles. The number of hydrogen-bond donors (Lipinski definition) is 1. The molecule has 5 nitrogen and oxygen atoms in total. The summed E-state index contributed by atoms with van der Waals surface area (Å²) in [5.41, 5.74) is 0. The predicted octanol–water partition coefficient (Wildman–Crippen LogP) is -2.76. The molecule has 0 bridgehead atoms. The van der Waals surface area contributed by atoms with Crippen molar-refractivity contribution in [3.63, 3.8) is 0 Å². The molecule has 0 radical (unpaired) electrons. The molecule has 1 atom stereocenters. The van der Waals surface area contributed by atoms with E-state index in [-0.39, 0.29) is 0 Å². The third kappa shape index (κ3) is 3.48. The van der Waals surface area contributed by atoms with E-state index in [0.717, 1.165) is 0 Å². The van der Waals surface area contributed by atoms with Gasteiger partial charge in [-0.25, -0.2) is 0 Å². The van der Waals surface area contributed by atoms with E-state index in [0.29, 0.717) is 0 Å². The van der Waals surface area contributed by atoms with Gasteiger partial charge < -0.3 is 15.3 Å². The third-order valence-corrected chi connectivity index (χ3v) is 0.681. The van der Waals surface area contributed by atoms with Gasteiger partial charge in [0.05, 0.1) is 0 Å². The molecular weight excluding hydrogens is 128 g/mol. The largest absolute Gasteiger partial charge is 0.565 e.